The van der Waals surface area contributed by atoms with Gasteiger partial charge in [0.25, 0.3) is 0 Å². The number of benzene rings is 1. The Morgan fingerprint density at radius 2 is 1.96 bits per heavy atom. The lowest BCUT2D eigenvalue weighted by molar-refractivity contribution is -0.130. The van der Waals surface area contributed by atoms with Gasteiger partial charge in [0.15, 0.2) is 0 Å². The minimum atomic E-state index is -0.947. The Morgan fingerprint density at radius 3 is 2.64 bits per heavy atom. The predicted octanol–water partition coefficient (Wildman–Crippen LogP) is 1.55. The summed E-state index contributed by atoms with van der Waals surface area (Å²) in [5, 5.41) is 8.40. The lowest BCUT2D eigenvalue weighted by atomic mass is 9.96. The van der Waals surface area contributed by atoms with Gasteiger partial charge in [0.1, 0.15) is 17.3 Å². The van der Waals surface area contributed by atoms with Gasteiger partial charge in [0.05, 0.1) is 12.8 Å². The first-order valence-electron chi connectivity index (χ1n) is 9.82. The van der Waals surface area contributed by atoms with Crippen molar-refractivity contribution < 1.29 is 19.1 Å². The number of nitrogens with one attached hydrogen (secondary N) is 3. The molecule has 1 saturated heterocycles. The van der Waals surface area contributed by atoms with Gasteiger partial charge >= 0.3 is 6.03 Å². The van der Waals surface area contributed by atoms with Crippen LogP contribution in [0.1, 0.15) is 39.0 Å². The van der Waals surface area contributed by atoms with Crippen molar-refractivity contribution in [3.63, 3.8) is 0 Å². The molecule has 1 heterocycles. The number of anilines is 1. The second kappa shape index (κ2) is 8.50. The molecule has 2 fully saturated rings. The van der Waals surface area contributed by atoms with Crippen LogP contribution >= 0.6 is 0 Å². The monoisotopic (exact) mass is 388 g/mol. The summed E-state index contributed by atoms with van der Waals surface area (Å²) in [5.74, 6) is 0.175. The lowest BCUT2D eigenvalue weighted by Crippen LogP contribution is -2.61. The topological polar surface area (TPSA) is 99.8 Å². The molecule has 0 spiro atoms. The van der Waals surface area contributed by atoms with E-state index >= 15 is 0 Å². The van der Waals surface area contributed by atoms with E-state index in [-0.39, 0.29) is 17.8 Å². The van der Waals surface area contributed by atoms with E-state index in [0.29, 0.717) is 43.8 Å². The zero-order valence-corrected chi connectivity index (χ0v) is 16.4. The molecule has 0 aromatic heterocycles. The first-order chi connectivity index (χ1) is 13.5. The third-order valence-corrected chi connectivity index (χ3v) is 5.47. The van der Waals surface area contributed by atoms with Gasteiger partial charge in [-0.25, -0.2) is 4.79 Å². The number of urea groups is 1. The van der Waals surface area contributed by atoms with E-state index in [9.17, 15) is 14.4 Å². The molecule has 28 heavy (non-hydrogen) atoms. The molecule has 1 aromatic rings. The van der Waals surface area contributed by atoms with Crippen LogP contribution in [0.25, 0.3) is 0 Å². The van der Waals surface area contributed by atoms with Crippen LogP contribution in [0.2, 0.25) is 0 Å². The van der Waals surface area contributed by atoms with Gasteiger partial charge < -0.3 is 25.6 Å². The second-order valence-electron chi connectivity index (χ2n) is 7.25. The van der Waals surface area contributed by atoms with Gasteiger partial charge in [-0.2, -0.15) is 0 Å². The average Bonchev–Trinajstić information content (AvgIpc) is 3.30. The zero-order chi connectivity index (χ0) is 20.1. The summed E-state index contributed by atoms with van der Waals surface area (Å²) in [5.41, 5.74) is -0.250. The van der Waals surface area contributed by atoms with Gasteiger partial charge in [0, 0.05) is 13.1 Å². The highest BCUT2D eigenvalue weighted by Crippen LogP contribution is 2.33. The number of hydrogen-bond donors (Lipinski definition) is 3. The first kappa shape index (κ1) is 20.0. The Bertz CT molecular complexity index is 745. The lowest BCUT2D eigenvalue weighted by Gasteiger charge is -2.30. The maximum Gasteiger partial charge on any atom is 0.315 e. The highest BCUT2D eigenvalue weighted by Gasteiger charge is 2.45. The fourth-order valence-electron chi connectivity index (χ4n) is 4.01. The van der Waals surface area contributed by atoms with Crippen molar-refractivity contribution in [3.8, 4) is 5.75 Å². The van der Waals surface area contributed by atoms with Crippen LogP contribution in [0.15, 0.2) is 24.3 Å². The molecule has 3 N–H and O–H groups in total. The molecular weight excluding hydrogens is 360 g/mol. The van der Waals surface area contributed by atoms with Crippen LogP contribution in [0.3, 0.4) is 0 Å². The summed E-state index contributed by atoms with van der Waals surface area (Å²) >= 11 is 0. The molecule has 1 atom stereocenters. The Balaban J connectivity index is 1.70. The molecule has 3 rings (SSSR count). The Hall–Kier alpha value is -2.77. The van der Waals surface area contributed by atoms with E-state index in [2.05, 4.69) is 16.0 Å². The number of carbonyl (C=O) groups excluding carboxylic acids is 3. The van der Waals surface area contributed by atoms with E-state index in [1.807, 2.05) is 25.1 Å². The van der Waals surface area contributed by atoms with Crippen LogP contribution < -0.4 is 25.6 Å². The molecule has 1 saturated carbocycles. The number of nitrogens with zero attached hydrogens (tertiary/aromatic N) is 1. The summed E-state index contributed by atoms with van der Waals surface area (Å²) < 4.78 is 5.35. The standard InChI is InChI=1S/C20H28N4O4/c1-3-21-19(27)23-20(11-6-7-12-20)18(26)22-14-10-13-24(17(14)25)15-8-4-5-9-16(15)28-2/h4-5,8-9,14H,3,6-7,10-13H2,1-2H3,(H,22,26)(H2,21,23,27). The van der Waals surface area contributed by atoms with Gasteiger partial charge in [-0.05, 0) is 38.3 Å². The number of amides is 4. The molecule has 0 bridgehead atoms. The highest BCUT2D eigenvalue weighted by molar-refractivity contribution is 6.03. The summed E-state index contributed by atoms with van der Waals surface area (Å²) in [6.07, 6.45) is 3.40. The first-order valence-corrected chi connectivity index (χ1v) is 9.82. The van der Waals surface area contributed by atoms with Crippen LogP contribution in [-0.4, -0.2) is 49.6 Å². The van der Waals surface area contributed by atoms with Gasteiger partial charge in [-0.3, -0.25) is 9.59 Å². The van der Waals surface area contributed by atoms with Crippen molar-refractivity contribution in [3.05, 3.63) is 24.3 Å². The molecule has 152 valence electrons. The van der Waals surface area contributed by atoms with E-state index in [1.165, 1.54) is 0 Å². The summed E-state index contributed by atoms with van der Waals surface area (Å²) in [6.45, 7) is 2.81. The number of methoxy groups -OCH3 is 1. The fourth-order valence-corrected chi connectivity index (χ4v) is 4.01. The average molecular weight is 388 g/mol. The van der Waals surface area contributed by atoms with Gasteiger partial charge in [-0.1, -0.05) is 25.0 Å². The minimum Gasteiger partial charge on any atom is -0.495 e. The van der Waals surface area contributed by atoms with Crippen molar-refractivity contribution in [2.75, 3.05) is 25.1 Å². The molecule has 8 heteroatoms. The highest BCUT2D eigenvalue weighted by atomic mass is 16.5. The number of para-hydroxylation sites is 2. The number of hydrogen-bond acceptors (Lipinski definition) is 4. The predicted molar refractivity (Wildman–Crippen MR) is 105 cm³/mol. The molecule has 2 aliphatic rings. The van der Waals surface area contributed by atoms with Crippen molar-refractivity contribution in [1.29, 1.82) is 0 Å². The molecule has 4 amide bonds. The van der Waals surface area contributed by atoms with Crippen molar-refractivity contribution in [1.82, 2.24) is 16.0 Å². The number of carbonyl (C=O) groups is 3. The molecule has 1 aliphatic heterocycles. The normalized spacial score (nSPS) is 20.7. The van der Waals surface area contributed by atoms with Crippen LogP contribution in [0, 0.1) is 0 Å². The SMILES string of the molecule is CCNC(=O)NC1(C(=O)NC2CCN(c3ccccc3OC)C2=O)CCCC1. The maximum absolute atomic E-state index is 13.0. The summed E-state index contributed by atoms with van der Waals surface area (Å²) in [6, 6.07) is 6.37. The molecular formula is C20H28N4O4. The van der Waals surface area contributed by atoms with E-state index in [0.717, 1.165) is 12.8 Å². The fraction of sp³-hybridized carbons (Fsp3) is 0.550. The molecule has 0 radical (unpaired) electrons. The molecule has 8 nitrogen and oxygen atoms in total. The molecule has 1 aliphatic carbocycles. The second-order valence-corrected chi connectivity index (χ2v) is 7.25. The zero-order valence-electron chi connectivity index (χ0n) is 16.4. The van der Waals surface area contributed by atoms with Gasteiger partial charge in [-0.15, -0.1) is 0 Å². The number of ether oxygens (including phenoxy) is 1. The molecule has 1 aromatic carbocycles. The van der Waals surface area contributed by atoms with Gasteiger partial charge in [0.2, 0.25) is 11.8 Å². The Morgan fingerprint density at radius 1 is 1.25 bits per heavy atom. The third kappa shape index (κ3) is 3.90. The quantitative estimate of drug-likeness (QED) is 0.688. The number of rotatable bonds is 6. The van der Waals surface area contributed by atoms with Crippen molar-refractivity contribution in [2.24, 2.45) is 0 Å². The Kier molecular flexibility index (Phi) is 6.06. The third-order valence-electron chi connectivity index (χ3n) is 5.47. The van der Waals surface area contributed by atoms with E-state index in [4.69, 9.17) is 4.74 Å². The van der Waals surface area contributed by atoms with Crippen molar-refractivity contribution in [2.45, 2.75) is 50.6 Å². The van der Waals surface area contributed by atoms with E-state index < -0.39 is 11.6 Å². The van der Waals surface area contributed by atoms with Crippen LogP contribution in [0.5, 0.6) is 5.75 Å². The smallest absolute Gasteiger partial charge is 0.315 e. The van der Waals surface area contributed by atoms with Crippen LogP contribution in [0.4, 0.5) is 10.5 Å². The van der Waals surface area contributed by atoms with E-state index in [1.54, 1.807) is 18.1 Å². The summed E-state index contributed by atoms with van der Waals surface area (Å²) in [7, 11) is 1.56. The maximum atomic E-state index is 13.0. The van der Waals surface area contributed by atoms with Crippen LogP contribution in [-0.2, 0) is 9.59 Å². The Labute approximate surface area is 165 Å². The molecule has 1 unspecified atom stereocenters. The summed E-state index contributed by atoms with van der Waals surface area (Å²) in [4.78, 5) is 39.6. The minimum absolute atomic E-state index is 0.163. The largest absolute Gasteiger partial charge is 0.495 e. The van der Waals surface area contributed by atoms with Crippen molar-refractivity contribution >= 4 is 23.5 Å².